The summed E-state index contributed by atoms with van der Waals surface area (Å²) in [7, 11) is 0. The van der Waals surface area contributed by atoms with Crippen LogP contribution in [0.3, 0.4) is 0 Å². The van der Waals surface area contributed by atoms with E-state index in [1.54, 1.807) is 36.2 Å². The standard InChI is InChI=1S/C39H54FN5O9S/c1-29-33(39(47)45-11-14-54-34-5-2-30(26-32(34)28-45)31-3-7-36(42)44-27-31)4-6-35(38(29)40)55-25-10-43-37(46)8-12-48-15-17-50-19-21-52-23-24-53-22-20-51-18-16-49-13-9-41/h2-7,26-27H,8-25,28,41H2,1H3,(H2,42,44)(H,43,46). The molecular weight excluding hydrogens is 734 g/mol. The van der Waals surface area contributed by atoms with Gasteiger partial charge in [0.25, 0.3) is 5.91 Å². The minimum Gasteiger partial charge on any atom is -0.491 e. The van der Waals surface area contributed by atoms with E-state index in [1.807, 2.05) is 24.3 Å². The Labute approximate surface area is 326 Å². The number of carbonyl (C=O) groups excluding carboxylic acids is 2. The van der Waals surface area contributed by atoms with Gasteiger partial charge in [-0.25, -0.2) is 9.37 Å². The van der Waals surface area contributed by atoms with Crippen LogP contribution in [0.15, 0.2) is 53.6 Å². The van der Waals surface area contributed by atoms with E-state index in [9.17, 15) is 9.59 Å². The first-order chi connectivity index (χ1) is 26.9. The van der Waals surface area contributed by atoms with Crippen LogP contribution in [-0.2, 0) is 39.8 Å². The van der Waals surface area contributed by atoms with E-state index in [0.717, 1.165) is 16.7 Å². The first-order valence-electron chi connectivity index (χ1n) is 18.5. The highest BCUT2D eigenvalue weighted by Crippen LogP contribution is 2.31. The molecule has 2 amide bonds. The number of aromatic nitrogens is 1. The van der Waals surface area contributed by atoms with Gasteiger partial charge in [0.15, 0.2) is 0 Å². The molecule has 2 aromatic carbocycles. The van der Waals surface area contributed by atoms with Gasteiger partial charge in [-0.15, -0.1) is 11.8 Å². The van der Waals surface area contributed by atoms with Crippen molar-refractivity contribution in [3.05, 3.63) is 71.2 Å². The first kappa shape index (κ1) is 43.9. The molecule has 1 aliphatic rings. The molecule has 0 unspecified atom stereocenters. The average Bonchev–Trinajstić information content (AvgIpc) is 3.41. The molecule has 16 heteroatoms. The number of benzene rings is 2. The molecule has 4 rings (SSSR count). The summed E-state index contributed by atoms with van der Waals surface area (Å²) in [5, 5.41) is 2.83. The summed E-state index contributed by atoms with van der Waals surface area (Å²) < 4.78 is 53.8. The number of rotatable bonds is 26. The van der Waals surface area contributed by atoms with Gasteiger partial charge in [-0.1, -0.05) is 6.07 Å². The van der Waals surface area contributed by atoms with Crippen molar-refractivity contribution < 1.29 is 47.1 Å². The fraction of sp³-hybridized carbons (Fsp3) is 0.513. The fourth-order valence-electron chi connectivity index (χ4n) is 5.39. The number of anilines is 1. The number of nitrogens with two attached hydrogens (primary N) is 2. The smallest absolute Gasteiger partial charge is 0.254 e. The summed E-state index contributed by atoms with van der Waals surface area (Å²) in [6.45, 7) is 8.88. The lowest BCUT2D eigenvalue weighted by Crippen LogP contribution is -2.33. The Bertz CT molecular complexity index is 1600. The maximum atomic E-state index is 15.5. The van der Waals surface area contributed by atoms with Crippen molar-refractivity contribution >= 4 is 29.4 Å². The van der Waals surface area contributed by atoms with E-state index in [2.05, 4.69) is 10.3 Å². The van der Waals surface area contributed by atoms with Crippen LogP contribution in [0, 0.1) is 12.7 Å². The number of thioether (sulfide) groups is 1. The van der Waals surface area contributed by atoms with Gasteiger partial charge in [0.2, 0.25) is 5.91 Å². The molecular formula is C39H54FN5O9S. The molecule has 1 aromatic heterocycles. The van der Waals surface area contributed by atoms with Gasteiger partial charge < -0.3 is 54.8 Å². The second-order valence-corrected chi connectivity index (χ2v) is 13.5. The highest BCUT2D eigenvalue weighted by Gasteiger charge is 2.24. The monoisotopic (exact) mass is 787 g/mol. The number of halogens is 1. The third-order valence-electron chi connectivity index (χ3n) is 8.31. The van der Waals surface area contributed by atoms with Gasteiger partial charge in [-0.05, 0) is 54.4 Å². The van der Waals surface area contributed by atoms with Gasteiger partial charge >= 0.3 is 0 Å². The van der Waals surface area contributed by atoms with Crippen LogP contribution in [-0.4, -0.2) is 133 Å². The van der Waals surface area contributed by atoms with Gasteiger partial charge in [0.1, 0.15) is 24.0 Å². The molecule has 1 aliphatic heterocycles. The van der Waals surface area contributed by atoms with E-state index in [4.69, 9.17) is 44.6 Å². The number of hydrogen-bond acceptors (Lipinski definition) is 13. The van der Waals surface area contributed by atoms with Crippen molar-refractivity contribution in [2.75, 3.05) is 117 Å². The van der Waals surface area contributed by atoms with Crippen LogP contribution >= 0.6 is 11.8 Å². The molecule has 0 aliphatic carbocycles. The summed E-state index contributed by atoms with van der Waals surface area (Å²) in [5.74, 6) is 0.740. The number of pyridine rings is 1. The molecule has 0 radical (unpaired) electrons. The van der Waals surface area contributed by atoms with Crippen molar-refractivity contribution in [1.82, 2.24) is 15.2 Å². The molecule has 5 N–H and O–H groups in total. The number of hydrogen-bond donors (Lipinski definition) is 3. The predicted octanol–water partition coefficient (Wildman–Crippen LogP) is 3.47. The van der Waals surface area contributed by atoms with E-state index in [-0.39, 0.29) is 30.4 Å². The highest BCUT2D eigenvalue weighted by atomic mass is 32.2. The number of amides is 2. The van der Waals surface area contributed by atoms with Gasteiger partial charge in [-0.3, -0.25) is 9.59 Å². The summed E-state index contributed by atoms with van der Waals surface area (Å²) in [5.41, 5.74) is 14.3. The minimum atomic E-state index is -0.443. The summed E-state index contributed by atoms with van der Waals surface area (Å²) in [6, 6.07) is 12.7. The number of fused-ring (bicyclic) bond motifs is 1. The van der Waals surface area contributed by atoms with E-state index in [1.165, 1.54) is 11.8 Å². The molecule has 302 valence electrons. The second kappa shape index (κ2) is 25.3. The zero-order valence-corrected chi connectivity index (χ0v) is 32.4. The van der Waals surface area contributed by atoms with E-state index < -0.39 is 5.82 Å². The molecule has 2 heterocycles. The molecule has 0 atom stereocenters. The molecule has 55 heavy (non-hydrogen) atoms. The van der Waals surface area contributed by atoms with Crippen LogP contribution in [0.1, 0.15) is 27.9 Å². The zero-order chi connectivity index (χ0) is 39.1. The van der Waals surface area contributed by atoms with Gasteiger partial charge in [0.05, 0.1) is 85.8 Å². The van der Waals surface area contributed by atoms with Crippen molar-refractivity contribution in [3.8, 4) is 16.9 Å². The Kier molecular flexibility index (Phi) is 20.2. The molecule has 0 spiro atoms. The normalized spacial score (nSPS) is 12.6. The number of ether oxygens (including phenoxy) is 7. The van der Waals surface area contributed by atoms with Crippen LogP contribution in [0.4, 0.5) is 10.2 Å². The fourth-order valence-corrected chi connectivity index (χ4v) is 6.25. The second-order valence-electron chi connectivity index (χ2n) is 12.3. The summed E-state index contributed by atoms with van der Waals surface area (Å²) in [6.07, 6.45) is 1.91. The molecule has 0 bridgehead atoms. The lowest BCUT2D eigenvalue weighted by Gasteiger charge is -2.21. The summed E-state index contributed by atoms with van der Waals surface area (Å²) >= 11 is 1.28. The minimum absolute atomic E-state index is 0.155. The van der Waals surface area contributed by atoms with Crippen molar-refractivity contribution in [2.45, 2.75) is 24.8 Å². The van der Waals surface area contributed by atoms with E-state index >= 15 is 4.39 Å². The average molecular weight is 788 g/mol. The quantitative estimate of drug-likeness (QED) is 0.0797. The molecule has 0 saturated carbocycles. The molecule has 14 nitrogen and oxygen atoms in total. The topological polar surface area (TPSA) is 179 Å². The molecule has 0 fully saturated rings. The van der Waals surface area contributed by atoms with Crippen molar-refractivity contribution in [2.24, 2.45) is 5.73 Å². The summed E-state index contributed by atoms with van der Waals surface area (Å²) in [4.78, 5) is 32.1. The predicted molar refractivity (Wildman–Crippen MR) is 208 cm³/mol. The first-order valence-corrected chi connectivity index (χ1v) is 19.5. The molecule has 3 aromatic rings. The number of carbonyl (C=O) groups is 2. The van der Waals surface area contributed by atoms with E-state index in [0.29, 0.717) is 133 Å². The van der Waals surface area contributed by atoms with Crippen LogP contribution in [0.2, 0.25) is 0 Å². The number of nitrogens with zero attached hydrogens (tertiary/aromatic N) is 2. The maximum Gasteiger partial charge on any atom is 0.254 e. The number of nitrogens with one attached hydrogen (secondary N) is 1. The lowest BCUT2D eigenvalue weighted by molar-refractivity contribution is -0.122. The molecule has 0 saturated heterocycles. The maximum absolute atomic E-state index is 15.5. The van der Waals surface area contributed by atoms with Gasteiger partial charge in [0, 0.05) is 59.6 Å². The highest BCUT2D eigenvalue weighted by molar-refractivity contribution is 7.99. The van der Waals surface area contributed by atoms with Crippen LogP contribution in [0.25, 0.3) is 11.1 Å². The van der Waals surface area contributed by atoms with Crippen LogP contribution in [0.5, 0.6) is 5.75 Å². The third-order valence-corrected chi connectivity index (χ3v) is 9.34. The Morgan fingerprint density at radius 1 is 0.855 bits per heavy atom. The number of nitrogen functional groups attached to an aromatic ring is 1. The Morgan fingerprint density at radius 3 is 2.09 bits per heavy atom. The lowest BCUT2D eigenvalue weighted by atomic mass is 10.0. The third kappa shape index (κ3) is 15.7. The Hall–Kier alpha value is -3.87. The Balaban J connectivity index is 1.04. The van der Waals surface area contributed by atoms with Crippen molar-refractivity contribution in [3.63, 3.8) is 0 Å². The van der Waals surface area contributed by atoms with Gasteiger partial charge in [-0.2, -0.15) is 0 Å². The Morgan fingerprint density at radius 2 is 1.47 bits per heavy atom. The zero-order valence-electron chi connectivity index (χ0n) is 31.6. The largest absolute Gasteiger partial charge is 0.491 e. The van der Waals surface area contributed by atoms with Crippen molar-refractivity contribution in [1.29, 1.82) is 0 Å². The van der Waals surface area contributed by atoms with Crippen LogP contribution < -0.4 is 21.5 Å². The SMILES string of the molecule is Cc1c(C(=O)N2CCOc3ccc(-c4ccc(N)nc4)cc3C2)ccc(SCCNC(=O)CCOCCOCCOCCOCCOCCOCCN)c1F.